The smallest absolute Gasteiger partial charge is 0.131 e. The van der Waals surface area contributed by atoms with Crippen molar-refractivity contribution in [3.05, 3.63) is 53.1 Å². The highest BCUT2D eigenvalue weighted by Crippen LogP contribution is 2.16. The molecule has 0 aliphatic heterocycles. The lowest BCUT2D eigenvalue weighted by Crippen LogP contribution is -2.12. The maximum absolute atomic E-state index is 13.5. The molecule has 90 valence electrons. The van der Waals surface area contributed by atoms with E-state index in [1.807, 2.05) is 0 Å². The van der Waals surface area contributed by atoms with Crippen LogP contribution in [0.15, 0.2) is 24.4 Å². The van der Waals surface area contributed by atoms with Crippen LogP contribution in [0.5, 0.6) is 0 Å². The molecule has 0 aliphatic carbocycles. The number of aryl methyl sites for hydroxylation is 1. The molecule has 3 nitrogen and oxygen atoms in total. The van der Waals surface area contributed by atoms with Gasteiger partial charge in [-0.2, -0.15) is 0 Å². The highest BCUT2D eigenvalue weighted by molar-refractivity contribution is 5.21. The predicted octanol–water partition coefficient (Wildman–Crippen LogP) is 1.98. The first-order chi connectivity index (χ1) is 8.13. The van der Waals surface area contributed by atoms with Gasteiger partial charge in [-0.1, -0.05) is 6.07 Å². The maximum Gasteiger partial charge on any atom is 0.131 e. The van der Waals surface area contributed by atoms with Gasteiger partial charge in [0.15, 0.2) is 0 Å². The van der Waals surface area contributed by atoms with Gasteiger partial charge in [0.25, 0.3) is 0 Å². The fourth-order valence-corrected chi connectivity index (χ4v) is 1.74. The van der Waals surface area contributed by atoms with Crippen LogP contribution >= 0.6 is 0 Å². The second-order valence-corrected chi connectivity index (χ2v) is 3.79. The molecule has 0 saturated heterocycles. The Morgan fingerprint density at radius 2 is 1.94 bits per heavy atom. The van der Waals surface area contributed by atoms with Gasteiger partial charge >= 0.3 is 0 Å². The number of nitrogens with zero attached hydrogens (tertiary/aromatic N) is 2. The van der Waals surface area contributed by atoms with Gasteiger partial charge in [0.05, 0.1) is 12.2 Å². The molecule has 0 spiro atoms. The van der Waals surface area contributed by atoms with Crippen LogP contribution in [0.4, 0.5) is 8.78 Å². The summed E-state index contributed by atoms with van der Waals surface area (Å²) in [7, 11) is 0. The first kappa shape index (κ1) is 11.7. The summed E-state index contributed by atoms with van der Waals surface area (Å²) < 4.78 is 28.7. The largest absolute Gasteiger partial charge is 0.326 e. The van der Waals surface area contributed by atoms with E-state index in [0.717, 1.165) is 5.69 Å². The number of hydrogen-bond donors (Lipinski definition) is 1. The molecular weight excluding hydrogens is 224 g/mol. The van der Waals surface area contributed by atoms with Crippen molar-refractivity contribution in [1.82, 2.24) is 9.55 Å². The van der Waals surface area contributed by atoms with E-state index >= 15 is 0 Å². The Hall–Kier alpha value is -1.75. The first-order valence-electron chi connectivity index (χ1n) is 5.27. The summed E-state index contributed by atoms with van der Waals surface area (Å²) >= 11 is 0. The Kier molecular flexibility index (Phi) is 3.19. The number of hydrogen-bond acceptors (Lipinski definition) is 2. The highest BCUT2D eigenvalue weighted by Gasteiger charge is 2.12. The van der Waals surface area contributed by atoms with E-state index < -0.39 is 11.6 Å². The van der Waals surface area contributed by atoms with Crippen molar-refractivity contribution >= 4 is 0 Å². The molecule has 0 atom stereocenters. The lowest BCUT2D eigenvalue weighted by molar-refractivity contribution is 0.538. The van der Waals surface area contributed by atoms with Gasteiger partial charge < -0.3 is 10.3 Å². The van der Waals surface area contributed by atoms with Crippen molar-refractivity contribution in [3.8, 4) is 0 Å². The van der Waals surface area contributed by atoms with Gasteiger partial charge in [-0.25, -0.2) is 13.8 Å². The molecule has 5 heteroatoms. The van der Waals surface area contributed by atoms with E-state index in [1.54, 1.807) is 17.7 Å². The van der Waals surface area contributed by atoms with Crippen LogP contribution in [0.25, 0.3) is 0 Å². The number of halogens is 2. The summed E-state index contributed by atoms with van der Waals surface area (Å²) in [6, 6.07) is 3.83. The molecule has 0 amide bonds. The Balaban J connectivity index is 2.41. The van der Waals surface area contributed by atoms with Crippen molar-refractivity contribution in [2.45, 2.75) is 20.0 Å². The Morgan fingerprint density at radius 3 is 2.53 bits per heavy atom. The van der Waals surface area contributed by atoms with Crippen LogP contribution in [0.2, 0.25) is 0 Å². The molecular formula is C12H13F2N3. The minimum Gasteiger partial charge on any atom is -0.326 e. The molecule has 1 aromatic carbocycles. The number of benzene rings is 1. The quantitative estimate of drug-likeness (QED) is 0.887. The molecule has 0 unspecified atom stereocenters. The minimum atomic E-state index is -0.555. The highest BCUT2D eigenvalue weighted by atomic mass is 19.1. The standard InChI is InChI=1S/C12H13F2N3/c1-8-16-6-9(5-15)17(8)7-10-11(13)3-2-4-12(10)14/h2-4,6H,5,7,15H2,1H3. The first-order valence-corrected chi connectivity index (χ1v) is 5.27. The predicted molar refractivity (Wildman–Crippen MR) is 60.3 cm³/mol. The van der Waals surface area contributed by atoms with Crippen LogP contribution < -0.4 is 5.73 Å². The third kappa shape index (κ3) is 2.19. The molecule has 0 radical (unpaired) electrons. The zero-order valence-electron chi connectivity index (χ0n) is 9.45. The zero-order chi connectivity index (χ0) is 12.4. The monoisotopic (exact) mass is 237 g/mol. The van der Waals surface area contributed by atoms with Crippen LogP contribution in [0.3, 0.4) is 0 Å². The Bertz CT molecular complexity index is 514. The summed E-state index contributed by atoms with van der Waals surface area (Å²) in [4.78, 5) is 4.08. The Labute approximate surface area is 97.9 Å². The summed E-state index contributed by atoms with van der Waals surface area (Å²) in [6.45, 7) is 2.17. The van der Waals surface area contributed by atoms with Crippen molar-refractivity contribution in [2.24, 2.45) is 5.73 Å². The summed E-state index contributed by atoms with van der Waals surface area (Å²) in [5.74, 6) is -0.421. The molecule has 0 saturated carbocycles. The van der Waals surface area contributed by atoms with Gasteiger partial charge in [0, 0.05) is 18.3 Å². The molecule has 0 bridgehead atoms. The third-order valence-corrected chi connectivity index (χ3v) is 2.72. The fraction of sp³-hybridized carbons (Fsp3) is 0.250. The van der Waals surface area contributed by atoms with Crippen molar-refractivity contribution in [3.63, 3.8) is 0 Å². The van der Waals surface area contributed by atoms with E-state index in [0.29, 0.717) is 5.82 Å². The normalized spacial score (nSPS) is 10.8. The molecule has 2 N–H and O–H groups in total. The van der Waals surface area contributed by atoms with Crippen LogP contribution in [-0.4, -0.2) is 9.55 Å². The van der Waals surface area contributed by atoms with Gasteiger partial charge in [-0.15, -0.1) is 0 Å². The summed E-state index contributed by atoms with van der Waals surface area (Å²) in [6.07, 6.45) is 1.62. The minimum absolute atomic E-state index is 0.0308. The SMILES string of the molecule is Cc1ncc(CN)n1Cc1c(F)cccc1F. The van der Waals surface area contributed by atoms with Crippen molar-refractivity contribution in [2.75, 3.05) is 0 Å². The average Bonchev–Trinajstić information content (AvgIpc) is 2.65. The maximum atomic E-state index is 13.5. The van der Waals surface area contributed by atoms with E-state index in [-0.39, 0.29) is 18.7 Å². The molecule has 2 aromatic rings. The fourth-order valence-electron chi connectivity index (χ4n) is 1.74. The molecule has 1 aromatic heterocycles. The Morgan fingerprint density at radius 1 is 1.29 bits per heavy atom. The number of imidazole rings is 1. The van der Waals surface area contributed by atoms with E-state index in [4.69, 9.17) is 5.73 Å². The lowest BCUT2D eigenvalue weighted by Gasteiger charge is -2.10. The summed E-state index contributed by atoms with van der Waals surface area (Å²) in [5, 5.41) is 0. The van der Waals surface area contributed by atoms with Gasteiger partial charge in [-0.05, 0) is 19.1 Å². The molecule has 0 aliphatic rings. The van der Waals surface area contributed by atoms with Crippen LogP contribution in [0.1, 0.15) is 17.1 Å². The van der Waals surface area contributed by atoms with E-state index in [9.17, 15) is 8.78 Å². The van der Waals surface area contributed by atoms with Gasteiger partial charge in [0.2, 0.25) is 0 Å². The topological polar surface area (TPSA) is 43.8 Å². The third-order valence-electron chi connectivity index (χ3n) is 2.72. The van der Waals surface area contributed by atoms with Gasteiger partial charge in [0.1, 0.15) is 17.5 Å². The number of nitrogens with two attached hydrogens (primary N) is 1. The van der Waals surface area contributed by atoms with Crippen molar-refractivity contribution < 1.29 is 8.78 Å². The lowest BCUT2D eigenvalue weighted by atomic mass is 10.2. The summed E-state index contributed by atoms with van der Waals surface area (Å²) in [5.41, 5.74) is 6.33. The van der Waals surface area contributed by atoms with Crippen LogP contribution in [-0.2, 0) is 13.1 Å². The van der Waals surface area contributed by atoms with Gasteiger partial charge in [-0.3, -0.25) is 0 Å². The molecule has 2 rings (SSSR count). The molecule has 1 heterocycles. The van der Waals surface area contributed by atoms with Crippen LogP contribution in [0, 0.1) is 18.6 Å². The molecule has 0 fully saturated rings. The second-order valence-electron chi connectivity index (χ2n) is 3.79. The number of aromatic nitrogens is 2. The zero-order valence-corrected chi connectivity index (χ0v) is 9.45. The second kappa shape index (κ2) is 4.63. The van der Waals surface area contributed by atoms with Crippen molar-refractivity contribution in [1.29, 1.82) is 0 Å². The average molecular weight is 237 g/mol. The van der Waals surface area contributed by atoms with E-state index in [1.165, 1.54) is 18.2 Å². The van der Waals surface area contributed by atoms with E-state index in [2.05, 4.69) is 4.98 Å². The molecule has 17 heavy (non-hydrogen) atoms. The number of rotatable bonds is 3.